The minimum atomic E-state index is -3.99. The molecule has 0 saturated carbocycles. The molecular weight excluding hydrogens is 1710 g/mol. The molecule has 42 nitrogen and oxygen atoms in total. The Kier molecular flexibility index (Phi) is 32.4. The summed E-state index contributed by atoms with van der Waals surface area (Å²) in [5, 5.41) is 72.3. The minimum Gasteiger partial charge on any atom is -0.493 e. The number of aromatic nitrogens is 12. The number of rotatable bonds is 39. The van der Waals surface area contributed by atoms with Crippen LogP contribution in [0.3, 0.4) is 0 Å². The van der Waals surface area contributed by atoms with Crippen LogP contribution in [0.15, 0.2) is 83.7 Å². The molecule has 9 aromatic rings. The number of fused-ring (bicyclic) bond motifs is 3. The van der Waals surface area contributed by atoms with Crippen molar-refractivity contribution in [3.05, 3.63) is 151 Å². The zero-order chi connectivity index (χ0) is 92.0. The lowest BCUT2D eigenvalue weighted by atomic mass is 9.79. The number of aliphatic hydroxyl groups excluding tert-OH is 3. The molecule has 0 bridgehead atoms. The normalized spacial score (nSPS) is 15.6. The Bertz CT molecular complexity index is 5890. The van der Waals surface area contributed by atoms with Gasteiger partial charge in [0.1, 0.15) is 54.5 Å². The number of sulfonamides is 3. The maximum absolute atomic E-state index is 13.8. The summed E-state index contributed by atoms with van der Waals surface area (Å²) in [6.07, 6.45) is 8.86. The Labute approximate surface area is 727 Å². The zero-order valence-corrected chi connectivity index (χ0v) is 75.4. The average molecular weight is 1820 g/mol. The van der Waals surface area contributed by atoms with E-state index < -0.39 is 80.3 Å². The van der Waals surface area contributed by atoms with E-state index in [-0.39, 0.29) is 114 Å². The topological polar surface area (TPSA) is 547 Å². The van der Waals surface area contributed by atoms with Gasteiger partial charge in [0, 0.05) is 74.8 Å². The van der Waals surface area contributed by atoms with Gasteiger partial charge in [-0.05, 0) is 191 Å². The van der Waals surface area contributed by atoms with Crippen LogP contribution < -0.4 is 30.9 Å². The highest BCUT2D eigenvalue weighted by atomic mass is 32.2. The largest absolute Gasteiger partial charge is 0.493 e. The second kappa shape index (κ2) is 41.8. The predicted molar refractivity (Wildman–Crippen MR) is 460 cm³/mol. The van der Waals surface area contributed by atoms with E-state index in [4.69, 9.17) is 14.2 Å². The molecular formula is C81H114N18O24S3. The van der Waals surface area contributed by atoms with Gasteiger partial charge in [0.05, 0.1) is 88.1 Å². The molecule has 3 fully saturated rings. The molecule has 9 heterocycles. The van der Waals surface area contributed by atoms with Crippen molar-refractivity contribution in [1.82, 2.24) is 71.7 Å². The second-order valence-corrected chi connectivity index (χ2v) is 38.9. The number of aryl methyl sites for hydroxylation is 6. The molecule has 0 aliphatic carbocycles. The molecule has 6 aromatic heterocycles. The highest BCUT2D eigenvalue weighted by molar-refractivity contribution is 7.89. The molecule has 3 aliphatic heterocycles. The molecule has 6 N–H and O–H groups in total. The highest BCUT2D eigenvalue weighted by Gasteiger charge is 2.40. The smallest absolute Gasteiger partial charge is 0.294 e. The minimum absolute atomic E-state index is 0.0126. The zero-order valence-electron chi connectivity index (χ0n) is 73.0. The number of piperidine rings is 3. The van der Waals surface area contributed by atoms with Crippen LogP contribution in [0.1, 0.15) is 174 Å². The number of benzene rings is 3. The number of ether oxygens (including phenoxy) is 3. The third-order valence-corrected chi connectivity index (χ3v) is 28.5. The van der Waals surface area contributed by atoms with E-state index in [1.54, 1.807) is 58.2 Å². The SMILES string of the molecule is CCCc1nc(C)c2c(=O)[nH]c(-c3cc(S(=O)(=O)N4CCC(CC(C)(CO)CO)CC4)ccc3OCC)nn12.CCCc1nc(C)c2c(=O)[nH]c(-c3cc(S(=O)(=O)N4CCC(CC(C)(CO)CO[N+](=O)[O-])CC4)ccc3OCC)nn12.CCCc1nc(C)c2c(=O)[nH]c(-c3cc(S(=O)(=O)N4CCC(CC(C)(CO[N+](=O)[O-])CO[N+](=O)[O-])CC4)ccc3OCC)nn12. The standard InChI is InChI=1S/C27H37N7O10S.C27H38N6O8S.C27H39N5O6S/c1-5-7-23-28-18(3)24-26(35)29-25(30-32(23)24)21-14-20(8-9-22(21)42-6-2)45(40,41)31-12-10-19(11-13-31)15-27(4,16-43-33(36)37)17-44-34(38)39;1-5-7-23-28-18(3)24-26(35)29-25(30-32(23)24)21-14-20(8-9-22(21)40-6-2)42(38,39)31-12-10-19(11-13-31)15-27(4,16-34)17-41-33(36)37;1-5-7-23-28-18(3)24-26(35)29-25(30-32(23)24)21-14-20(8-9-22(21)38-6-2)39(36,37)31-12-10-19(11-13-31)15-27(4,16-33)17-34/h8-9,14,19H,5-7,10-13,15-17H2,1-4H3,(H,29,30,35);8-9,14,19,34H,5-7,10-13,15-17H2,1-4H3,(H,29,30,35);8-9,14,19,33-34H,5-7,10-13,15-17H2,1-4H3,(H,29,30,35). The lowest BCUT2D eigenvalue weighted by Gasteiger charge is -2.36. The van der Waals surface area contributed by atoms with Gasteiger partial charge in [0.25, 0.3) is 31.9 Å². The van der Waals surface area contributed by atoms with E-state index in [1.807, 2.05) is 41.5 Å². The van der Waals surface area contributed by atoms with E-state index in [1.165, 1.54) is 64.4 Å². The first-order valence-electron chi connectivity index (χ1n) is 42.2. The van der Waals surface area contributed by atoms with E-state index in [0.29, 0.717) is 195 Å². The van der Waals surface area contributed by atoms with E-state index in [2.05, 4.69) is 59.7 Å². The van der Waals surface area contributed by atoms with Crippen molar-refractivity contribution in [3.8, 4) is 51.4 Å². The first kappa shape index (κ1) is 97.5. The molecule has 1 atom stereocenters. The van der Waals surface area contributed by atoms with Gasteiger partial charge in [-0.25, -0.2) is 53.8 Å². The summed E-state index contributed by atoms with van der Waals surface area (Å²) in [5.41, 5.74) is 0.151. The van der Waals surface area contributed by atoms with E-state index in [0.717, 1.165) is 19.3 Å². The fraction of sp³-hybridized carbons (Fsp3) is 0.593. The summed E-state index contributed by atoms with van der Waals surface area (Å²) < 4.78 is 108. The molecule has 12 rings (SSSR count). The van der Waals surface area contributed by atoms with Crippen LogP contribution in [0, 0.1) is 85.1 Å². The molecule has 126 heavy (non-hydrogen) atoms. The first-order valence-corrected chi connectivity index (χ1v) is 46.5. The number of aliphatic hydroxyl groups is 3. The Morgan fingerprint density at radius 3 is 0.921 bits per heavy atom. The number of nitrogens with one attached hydrogen (secondary N) is 3. The Hall–Kier alpha value is -10.7. The molecule has 3 aromatic carbocycles. The Balaban J connectivity index is 0.000000198. The monoisotopic (exact) mass is 1820 g/mol. The third kappa shape index (κ3) is 22.8. The summed E-state index contributed by atoms with van der Waals surface area (Å²) in [6, 6.07) is 13.5. The summed E-state index contributed by atoms with van der Waals surface area (Å²) >= 11 is 0. The van der Waals surface area contributed by atoms with Crippen molar-refractivity contribution in [3.63, 3.8) is 0 Å². The fourth-order valence-electron chi connectivity index (χ4n) is 16.4. The van der Waals surface area contributed by atoms with Crippen LogP contribution in [-0.4, -0.2) is 226 Å². The van der Waals surface area contributed by atoms with E-state index in [9.17, 15) is 85.3 Å². The molecule has 3 saturated heterocycles. The molecule has 0 amide bonds. The van der Waals surface area contributed by atoms with Gasteiger partial charge < -0.3 is 59.0 Å². The Morgan fingerprint density at radius 1 is 0.421 bits per heavy atom. The van der Waals surface area contributed by atoms with Gasteiger partial charge in [0.15, 0.2) is 34.0 Å². The second-order valence-electron chi connectivity index (χ2n) is 33.1. The third-order valence-electron chi connectivity index (χ3n) is 22.8. The van der Waals surface area contributed by atoms with Gasteiger partial charge in [-0.3, -0.25) is 14.4 Å². The van der Waals surface area contributed by atoms with Crippen molar-refractivity contribution in [2.75, 3.05) is 98.7 Å². The lowest BCUT2D eigenvalue weighted by molar-refractivity contribution is -0.771. The van der Waals surface area contributed by atoms with Crippen molar-refractivity contribution in [1.29, 1.82) is 0 Å². The fourth-order valence-corrected chi connectivity index (χ4v) is 20.9. The number of aromatic amines is 3. The first-order chi connectivity index (χ1) is 59.8. The van der Waals surface area contributed by atoms with Crippen LogP contribution in [0.4, 0.5) is 0 Å². The summed E-state index contributed by atoms with van der Waals surface area (Å²) in [4.78, 5) is 107. The molecule has 690 valence electrons. The van der Waals surface area contributed by atoms with E-state index >= 15 is 0 Å². The summed E-state index contributed by atoms with van der Waals surface area (Å²) in [6.45, 7) is 22.8. The number of imidazole rings is 3. The predicted octanol–water partition coefficient (Wildman–Crippen LogP) is 8.23. The van der Waals surface area contributed by atoms with Crippen LogP contribution in [0.2, 0.25) is 0 Å². The molecule has 1 unspecified atom stereocenters. The van der Waals surface area contributed by atoms with Crippen molar-refractivity contribution in [2.45, 2.75) is 194 Å². The molecule has 0 spiro atoms. The number of nitrogens with zero attached hydrogens (tertiary/aromatic N) is 15. The summed E-state index contributed by atoms with van der Waals surface area (Å²) in [7, 11) is -11.7. The maximum atomic E-state index is 13.8. The number of hydrogen-bond acceptors (Lipinski definition) is 30. The van der Waals surface area contributed by atoms with Crippen LogP contribution >= 0.6 is 0 Å². The van der Waals surface area contributed by atoms with Crippen LogP contribution in [0.25, 0.3) is 50.7 Å². The summed E-state index contributed by atoms with van der Waals surface area (Å²) in [5.74, 6) is 3.78. The van der Waals surface area contributed by atoms with Crippen LogP contribution in [-0.2, 0) is 63.8 Å². The quantitative estimate of drug-likeness (QED) is 0.0156. The maximum Gasteiger partial charge on any atom is 0.294 e. The highest BCUT2D eigenvalue weighted by Crippen LogP contribution is 2.41. The van der Waals surface area contributed by atoms with Crippen LogP contribution in [0.5, 0.6) is 17.2 Å². The molecule has 0 radical (unpaired) electrons. The number of hydrogen-bond donors (Lipinski definition) is 6. The van der Waals surface area contributed by atoms with Gasteiger partial charge >= 0.3 is 0 Å². The van der Waals surface area contributed by atoms with Crippen molar-refractivity contribution >= 4 is 46.6 Å². The van der Waals surface area contributed by atoms with Gasteiger partial charge in [-0.15, -0.1) is 45.6 Å². The molecule has 45 heteroatoms. The van der Waals surface area contributed by atoms with Gasteiger partial charge in [-0.1, -0.05) is 41.5 Å². The number of H-pyrrole nitrogens is 3. The average Bonchev–Trinajstić information content (AvgIpc) is 1.58. The van der Waals surface area contributed by atoms with Crippen molar-refractivity contribution < 1.29 is 84.6 Å². The van der Waals surface area contributed by atoms with Crippen molar-refractivity contribution in [2.24, 2.45) is 34.0 Å². The lowest BCUT2D eigenvalue weighted by Crippen LogP contribution is -2.41. The van der Waals surface area contributed by atoms with Gasteiger partial charge in [0.2, 0.25) is 30.1 Å². The Morgan fingerprint density at radius 2 is 0.675 bits per heavy atom. The molecule has 3 aliphatic rings. The van der Waals surface area contributed by atoms with Gasteiger partial charge in [-0.2, -0.15) is 12.9 Å².